The van der Waals surface area contributed by atoms with E-state index >= 15 is 0 Å². The van der Waals surface area contributed by atoms with E-state index in [0.717, 1.165) is 11.3 Å². The average Bonchev–Trinajstić information content (AvgIpc) is 2.74. The molecular formula is C20H22N2O6. The molecule has 0 heterocycles. The molecule has 0 aliphatic carbocycles. The van der Waals surface area contributed by atoms with Crippen LogP contribution in [0.4, 0.5) is 0 Å². The fourth-order valence-electron chi connectivity index (χ4n) is 2.21. The van der Waals surface area contributed by atoms with E-state index in [0.29, 0.717) is 17.9 Å². The molecule has 28 heavy (non-hydrogen) atoms. The first-order valence-corrected chi connectivity index (χ1v) is 8.49. The predicted octanol–water partition coefficient (Wildman–Crippen LogP) is 1.29. The lowest BCUT2D eigenvalue weighted by atomic mass is 10.2. The molecule has 148 valence electrons. The summed E-state index contributed by atoms with van der Waals surface area (Å²) in [7, 11) is 3.07. The van der Waals surface area contributed by atoms with E-state index < -0.39 is 24.4 Å². The number of rotatable bonds is 9. The second kappa shape index (κ2) is 10.6. The van der Waals surface area contributed by atoms with Crippen molar-refractivity contribution >= 4 is 17.8 Å². The maximum Gasteiger partial charge on any atom is 0.325 e. The fourth-order valence-corrected chi connectivity index (χ4v) is 2.21. The molecule has 0 aliphatic heterocycles. The number of amides is 2. The minimum absolute atomic E-state index is 0.299. The van der Waals surface area contributed by atoms with E-state index in [1.165, 1.54) is 7.11 Å². The van der Waals surface area contributed by atoms with Gasteiger partial charge in [0.15, 0.2) is 6.61 Å². The summed E-state index contributed by atoms with van der Waals surface area (Å²) in [6.07, 6.45) is 0. The van der Waals surface area contributed by atoms with Gasteiger partial charge in [0.1, 0.15) is 18.0 Å². The zero-order valence-corrected chi connectivity index (χ0v) is 15.7. The maximum absolute atomic E-state index is 12.0. The largest absolute Gasteiger partial charge is 0.497 e. The van der Waals surface area contributed by atoms with E-state index in [2.05, 4.69) is 10.6 Å². The van der Waals surface area contributed by atoms with Gasteiger partial charge in [0.25, 0.3) is 11.8 Å². The van der Waals surface area contributed by atoms with Gasteiger partial charge >= 0.3 is 5.97 Å². The van der Waals surface area contributed by atoms with Gasteiger partial charge in [-0.3, -0.25) is 14.4 Å². The third kappa shape index (κ3) is 6.64. The molecule has 8 heteroatoms. The minimum atomic E-state index is -0.712. The number of hydrogen-bond acceptors (Lipinski definition) is 6. The van der Waals surface area contributed by atoms with E-state index in [4.69, 9.17) is 14.2 Å². The highest BCUT2D eigenvalue weighted by Gasteiger charge is 2.11. The van der Waals surface area contributed by atoms with Gasteiger partial charge in [0.2, 0.25) is 0 Å². The average molecular weight is 386 g/mol. The summed E-state index contributed by atoms with van der Waals surface area (Å²) in [4.78, 5) is 35.5. The molecule has 2 rings (SSSR count). The number of methoxy groups -OCH3 is 2. The van der Waals surface area contributed by atoms with Gasteiger partial charge in [-0.1, -0.05) is 18.2 Å². The summed E-state index contributed by atoms with van der Waals surface area (Å²) < 4.78 is 14.9. The summed E-state index contributed by atoms with van der Waals surface area (Å²) in [5.41, 5.74) is 1.23. The summed E-state index contributed by atoms with van der Waals surface area (Å²) in [5, 5.41) is 5.07. The van der Waals surface area contributed by atoms with E-state index in [-0.39, 0.29) is 6.54 Å². The predicted molar refractivity (Wildman–Crippen MR) is 101 cm³/mol. The molecule has 0 aromatic heterocycles. The molecule has 0 spiro atoms. The molecule has 2 amide bonds. The van der Waals surface area contributed by atoms with Crippen LogP contribution in [0.5, 0.6) is 11.5 Å². The van der Waals surface area contributed by atoms with Crippen molar-refractivity contribution < 1.29 is 28.6 Å². The lowest BCUT2D eigenvalue weighted by Gasteiger charge is -2.08. The fraction of sp³-hybridized carbons (Fsp3) is 0.250. The Hall–Kier alpha value is -3.55. The van der Waals surface area contributed by atoms with E-state index in [9.17, 15) is 14.4 Å². The van der Waals surface area contributed by atoms with Gasteiger partial charge in [-0.2, -0.15) is 0 Å². The highest BCUT2D eigenvalue weighted by Crippen LogP contribution is 2.12. The second-order valence-corrected chi connectivity index (χ2v) is 5.70. The van der Waals surface area contributed by atoms with Crippen LogP contribution in [-0.2, 0) is 20.9 Å². The Labute approximate surface area is 162 Å². The van der Waals surface area contributed by atoms with Crippen LogP contribution in [0.1, 0.15) is 15.9 Å². The Morgan fingerprint density at radius 2 is 1.61 bits per heavy atom. The quantitative estimate of drug-likeness (QED) is 0.630. The highest BCUT2D eigenvalue weighted by atomic mass is 16.5. The normalized spacial score (nSPS) is 9.93. The van der Waals surface area contributed by atoms with Crippen molar-refractivity contribution in [2.75, 3.05) is 27.4 Å². The molecule has 0 fully saturated rings. The number of ether oxygens (including phenoxy) is 3. The van der Waals surface area contributed by atoms with Gasteiger partial charge in [-0.05, 0) is 35.9 Å². The van der Waals surface area contributed by atoms with Crippen LogP contribution in [0.25, 0.3) is 0 Å². The summed E-state index contributed by atoms with van der Waals surface area (Å²) >= 11 is 0. The molecule has 0 atom stereocenters. The molecule has 8 nitrogen and oxygen atoms in total. The Morgan fingerprint density at radius 1 is 0.893 bits per heavy atom. The molecule has 0 saturated heterocycles. The molecule has 0 bridgehead atoms. The van der Waals surface area contributed by atoms with Crippen molar-refractivity contribution in [3.05, 3.63) is 59.7 Å². The van der Waals surface area contributed by atoms with Crippen molar-refractivity contribution in [3.8, 4) is 11.5 Å². The number of carbonyl (C=O) groups is 3. The van der Waals surface area contributed by atoms with Crippen LogP contribution >= 0.6 is 0 Å². The lowest BCUT2D eigenvalue weighted by molar-refractivity contribution is -0.147. The Morgan fingerprint density at radius 3 is 2.29 bits per heavy atom. The first-order chi connectivity index (χ1) is 13.5. The maximum atomic E-state index is 12.0. The number of hydrogen-bond donors (Lipinski definition) is 2. The molecule has 2 aromatic rings. The lowest BCUT2D eigenvalue weighted by Crippen LogP contribution is -2.33. The molecule has 0 radical (unpaired) electrons. The monoisotopic (exact) mass is 386 g/mol. The Kier molecular flexibility index (Phi) is 7.83. The second-order valence-electron chi connectivity index (χ2n) is 5.70. The zero-order chi connectivity index (χ0) is 20.4. The molecular weight excluding hydrogens is 364 g/mol. The van der Waals surface area contributed by atoms with Crippen LogP contribution in [0, 0.1) is 0 Å². The van der Waals surface area contributed by atoms with Crippen molar-refractivity contribution in [2.45, 2.75) is 6.54 Å². The van der Waals surface area contributed by atoms with Crippen molar-refractivity contribution in [2.24, 2.45) is 0 Å². The van der Waals surface area contributed by atoms with Crippen LogP contribution in [0.15, 0.2) is 48.5 Å². The molecule has 0 saturated carbocycles. The van der Waals surface area contributed by atoms with Crippen LogP contribution in [0.2, 0.25) is 0 Å². The van der Waals surface area contributed by atoms with Gasteiger partial charge in [-0.15, -0.1) is 0 Å². The van der Waals surface area contributed by atoms with Gasteiger partial charge in [-0.25, -0.2) is 0 Å². The molecule has 0 aliphatic rings. The molecule has 0 unspecified atom stereocenters. The summed E-state index contributed by atoms with van der Waals surface area (Å²) in [5.74, 6) is -0.345. The third-order valence-corrected chi connectivity index (χ3v) is 3.74. The number of nitrogens with one attached hydrogen (secondary N) is 2. The number of benzene rings is 2. The number of carbonyl (C=O) groups excluding carboxylic acids is 3. The Bertz CT molecular complexity index is 820. The summed E-state index contributed by atoms with van der Waals surface area (Å²) in [6, 6.07) is 13.7. The minimum Gasteiger partial charge on any atom is -0.497 e. The van der Waals surface area contributed by atoms with Gasteiger partial charge in [0.05, 0.1) is 14.2 Å². The van der Waals surface area contributed by atoms with Crippen LogP contribution in [-0.4, -0.2) is 45.2 Å². The van der Waals surface area contributed by atoms with Crippen molar-refractivity contribution in [3.63, 3.8) is 0 Å². The molecule has 2 N–H and O–H groups in total. The van der Waals surface area contributed by atoms with Gasteiger partial charge in [0, 0.05) is 12.1 Å². The van der Waals surface area contributed by atoms with Crippen molar-refractivity contribution in [1.82, 2.24) is 10.6 Å². The Balaban J connectivity index is 1.68. The smallest absolute Gasteiger partial charge is 0.325 e. The SMILES string of the molecule is COc1ccc(CNC(=O)COC(=O)CNC(=O)c2cccc(OC)c2)cc1. The number of esters is 1. The summed E-state index contributed by atoms with van der Waals surface area (Å²) in [6.45, 7) is -0.473. The highest BCUT2D eigenvalue weighted by molar-refractivity contribution is 5.96. The first-order valence-electron chi connectivity index (χ1n) is 8.49. The third-order valence-electron chi connectivity index (χ3n) is 3.74. The van der Waals surface area contributed by atoms with Crippen LogP contribution in [0.3, 0.4) is 0 Å². The first kappa shape index (κ1) is 20.8. The van der Waals surface area contributed by atoms with E-state index in [1.807, 2.05) is 12.1 Å². The van der Waals surface area contributed by atoms with Crippen molar-refractivity contribution in [1.29, 1.82) is 0 Å². The van der Waals surface area contributed by atoms with E-state index in [1.54, 1.807) is 43.5 Å². The molecule has 2 aromatic carbocycles. The van der Waals surface area contributed by atoms with Gasteiger partial charge < -0.3 is 24.8 Å². The van der Waals surface area contributed by atoms with Crippen LogP contribution < -0.4 is 20.1 Å². The standard InChI is InChI=1S/C20H22N2O6/c1-26-16-8-6-14(7-9-16)11-21-18(23)13-28-19(24)12-22-20(25)15-4-3-5-17(10-15)27-2/h3-10H,11-13H2,1-2H3,(H,21,23)(H,22,25). The topological polar surface area (TPSA) is 103 Å². The zero-order valence-electron chi connectivity index (χ0n) is 15.7.